The first-order chi connectivity index (χ1) is 8.50. The average Bonchev–Trinajstić information content (AvgIpc) is 2.34. The highest BCUT2D eigenvalue weighted by molar-refractivity contribution is 6.31. The van der Waals surface area contributed by atoms with Gasteiger partial charge in [0, 0.05) is 19.1 Å². The summed E-state index contributed by atoms with van der Waals surface area (Å²) >= 11 is 0. The molecule has 0 aliphatic heterocycles. The van der Waals surface area contributed by atoms with Crippen molar-refractivity contribution in [3.05, 3.63) is 35.9 Å². The first-order valence-corrected chi connectivity index (χ1v) is 5.82. The third-order valence-corrected chi connectivity index (χ3v) is 2.54. The van der Waals surface area contributed by atoms with E-state index in [1.165, 1.54) is 4.90 Å². The van der Waals surface area contributed by atoms with Crippen molar-refractivity contribution in [3.8, 4) is 0 Å². The SMILES string of the molecule is C[C@@H](N)CCN(Cc1ccccc1)C(=O)C(=O)O.Cl. The van der Waals surface area contributed by atoms with Crippen molar-refractivity contribution in [1.29, 1.82) is 0 Å². The Morgan fingerprint density at radius 3 is 2.37 bits per heavy atom. The molecular weight excluding hydrogens is 268 g/mol. The molecule has 1 aromatic carbocycles. The Balaban J connectivity index is 0.00000324. The lowest BCUT2D eigenvalue weighted by atomic mass is 10.2. The molecule has 1 amide bonds. The molecule has 5 nitrogen and oxygen atoms in total. The summed E-state index contributed by atoms with van der Waals surface area (Å²) in [5, 5.41) is 8.77. The van der Waals surface area contributed by atoms with Crippen LogP contribution in [0.3, 0.4) is 0 Å². The Hall–Kier alpha value is -1.59. The van der Waals surface area contributed by atoms with Crippen LogP contribution in [0.4, 0.5) is 0 Å². The smallest absolute Gasteiger partial charge is 0.394 e. The summed E-state index contributed by atoms with van der Waals surface area (Å²) in [7, 11) is 0. The molecule has 1 atom stereocenters. The number of rotatable bonds is 5. The molecule has 0 aromatic heterocycles. The minimum absolute atomic E-state index is 0. The summed E-state index contributed by atoms with van der Waals surface area (Å²) in [6.07, 6.45) is 0.575. The standard InChI is InChI=1S/C13H18N2O3.ClH/c1-10(14)7-8-15(12(16)13(17)18)9-11-5-3-2-4-6-11;/h2-6,10H,7-9,14H2,1H3,(H,17,18);1H/t10-;/m1./s1. The first-order valence-electron chi connectivity index (χ1n) is 5.82. The van der Waals surface area contributed by atoms with Gasteiger partial charge in [-0.15, -0.1) is 12.4 Å². The van der Waals surface area contributed by atoms with Gasteiger partial charge in [0.05, 0.1) is 0 Å². The largest absolute Gasteiger partial charge is 0.474 e. The quantitative estimate of drug-likeness (QED) is 0.798. The highest BCUT2D eigenvalue weighted by Gasteiger charge is 2.20. The third kappa shape index (κ3) is 6.22. The van der Waals surface area contributed by atoms with E-state index in [0.717, 1.165) is 5.56 Å². The molecule has 0 bridgehead atoms. The fourth-order valence-corrected chi connectivity index (χ4v) is 1.55. The topological polar surface area (TPSA) is 83.6 Å². The second-order valence-corrected chi connectivity index (χ2v) is 4.28. The van der Waals surface area contributed by atoms with Crippen LogP contribution in [0, 0.1) is 0 Å². The average molecular weight is 287 g/mol. The van der Waals surface area contributed by atoms with Crippen molar-refractivity contribution in [2.75, 3.05) is 6.54 Å². The molecule has 0 saturated carbocycles. The van der Waals surface area contributed by atoms with Gasteiger partial charge in [-0.1, -0.05) is 30.3 Å². The second-order valence-electron chi connectivity index (χ2n) is 4.28. The maximum atomic E-state index is 11.5. The van der Waals surface area contributed by atoms with Gasteiger partial charge in [0.15, 0.2) is 0 Å². The predicted molar refractivity (Wildman–Crippen MR) is 75.0 cm³/mol. The summed E-state index contributed by atoms with van der Waals surface area (Å²) in [5.74, 6) is -2.32. The minimum Gasteiger partial charge on any atom is -0.474 e. The van der Waals surface area contributed by atoms with Gasteiger partial charge in [0.25, 0.3) is 0 Å². The van der Waals surface area contributed by atoms with Crippen LogP contribution < -0.4 is 5.73 Å². The number of carbonyl (C=O) groups excluding carboxylic acids is 1. The van der Waals surface area contributed by atoms with E-state index in [1.807, 2.05) is 37.3 Å². The van der Waals surface area contributed by atoms with Gasteiger partial charge in [-0.25, -0.2) is 4.79 Å². The Morgan fingerprint density at radius 1 is 1.32 bits per heavy atom. The van der Waals surface area contributed by atoms with E-state index >= 15 is 0 Å². The van der Waals surface area contributed by atoms with Gasteiger partial charge < -0.3 is 15.7 Å². The highest BCUT2D eigenvalue weighted by Crippen LogP contribution is 2.06. The number of amides is 1. The van der Waals surface area contributed by atoms with Crippen LogP contribution in [0.1, 0.15) is 18.9 Å². The monoisotopic (exact) mass is 286 g/mol. The number of halogens is 1. The van der Waals surface area contributed by atoms with Crippen LogP contribution in [0.2, 0.25) is 0 Å². The zero-order valence-corrected chi connectivity index (χ0v) is 11.6. The molecule has 3 N–H and O–H groups in total. The summed E-state index contributed by atoms with van der Waals surface area (Å²) in [6.45, 7) is 2.46. The Bertz CT molecular complexity index is 410. The summed E-state index contributed by atoms with van der Waals surface area (Å²) in [5.41, 5.74) is 6.52. The molecular formula is C13H19ClN2O3. The van der Waals surface area contributed by atoms with E-state index in [-0.39, 0.29) is 18.4 Å². The molecule has 0 heterocycles. The fraction of sp³-hybridized carbons (Fsp3) is 0.385. The predicted octanol–water partition coefficient (Wildman–Crippen LogP) is 1.26. The molecule has 19 heavy (non-hydrogen) atoms. The van der Waals surface area contributed by atoms with Crippen LogP contribution in [0.15, 0.2) is 30.3 Å². The van der Waals surface area contributed by atoms with Crippen molar-refractivity contribution in [3.63, 3.8) is 0 Å². The van der Waals surface area contributed by atoms with Crippen LogP contribution in [0.5, 0.6) is 0 Å². The summed E-state index contributed by atoms with van der Waals surface area (Å²) in [4.78, 5) is 23.6. The van der Waals surface area contributed by atoms with E-state index in [4.69, 9.17) is 10.8 Å². The Morgan fingerprint density at radius 2 is 1.89 bits per heavy atom. The third-order valence-electron chi connectivity index (χ3n) is 2.54. The van der Waals surface area contributed by atoms with Crippen molar-refractivity contribution in [2.24, 2.45) is 5.73 Å². The van der Waals surface area contributed by atoms with Gasteiger partial charge in [-0.2, -0.15) is 0 Å². The van der Waals surface area contributed by atoms with Gasteiger partial charge in [-0.3, -0.25) is 4.79 Å². The normalized spacial score (nSPS) is 11.3. The Labute approximate surface area is 118 Å². The number of hydrogen-bond donors (Lipinski definition) is 2. The fourth-order valence-electron chi connectivity index (χ4n) is 1.55. The first kappa shape index (κ1) is 17.4. The molecule has 0 radical (unpaired) electrons. The van der Waals surface area contributed by atoms with Crippen LogP contribution in [0.25, 0.3) is 0 Å². The summed E-state index contributed by atoms with van der Waals surface area (Å²) < 4.78 is 0. The molecule has 0 fully saturated rings. The molecule has 1 aromatic rings. The number of nitrogens with zero attached hydrogens (tertiary/aromatic N) is 1. The van der Waals surface area contributed by atoms with Crippen molar-refractivity contribution >= 4 is 24.3 Å². The zero-order valence-electron chi connectivity index (χ0n) is 10.8. The van der Waals surface area contributed by atoms with Crippen LogP contribution in [-0.4, -0.2) is 34.5 Å². The number of carbonyl (C=O) groups is 2. The molecule has 1 rings (SSSR count). The highest BCUT2D eigenvalue weighted by atomic mass is 35.5. The Kier molecular flexibility index (Phi) is 7.79. The lowest BCUT2D eigenvalue weighted by Gasteiger charge is -2.21. The van der Waals surface area contributed by atoms with E-state index < -0.39 is 11.9 Å². The van der Waals surface area contributed by atoms with Crippen molar-refractivity contribution < 1.29 is 14.7 Å². The summed E-state index contributed by atoms with van der Waals surface area (Å²) in [6, 6.07) is 9.22. The van der Waals surface area contributed by atoms with E-state index in [0.29, 0.717) is 19.5 Å². The lowest BCUT2D eigenvalue weighted by Crippen LogP contribution is -2.38. The van der Waals surface area contributed by atoms with E-state index in [9.17, 15) is 9.59 Å². The maximum Gasteiger partial charge on any atom is 0.394 e. The molecule has 0 aliphatic carbocycles. The number of benzene rings is 1. The zero-order chi connectivity index (χ0) is 13.5. The lowest BCUT2D eigenvalue weighted by molar-refractivity contribution is -0.156. The van der Waals surface area contributed by atoms with Crippen molar-refractivity contribution in [2.45, 2.75) is 25.9 Å². The number of nitrogens with two attached hydrogens (primary N) is 1. The van der Waals surface area contributed by atoms with Gasteiger partial charge in [0.1, 0.15) is 0 Å². The molecule has 106 valence electrons. The molecule has 0 spiro atoms. The van der Waals surface area contributed by atoms with Gasteiger partial charge in [-0.05, 0) is 18.9 Å². The molecule has 0 unspecified atom stereocenters. The maximum absolute atomic E-state index is 11.5. The van der Waals surface area contributed by atoms with E-state index in [2.05, 4.69) is 0 Å². The van der Waals surface area contributed by atoms with Crippen LogP contribution in [-0.2, 0) is 16.1 Å². The molecule has 0 saturated heterocycles. The number of carboxylic acids is 1. The van der Waals surface area contributed by atoms with Crippen molar-refractivity contribution in [1.82, 2.24) is 4.90 Å². The number of aliphatic carboxylic acids is 1. The van der Waals surface area contributed by atoms with E-state index in [1.54, 1.807) is 0 Å². The second kappa shape index (κ2) is 8.50. The molecule has 0 aliphatic rings. The van der Waals surface area contributed by atoms with Gasteiger partial charge >= 0.3 is 11.9 Å². The molecule has 6 heteroatoms. The van der Waals surface area contributed by atoms with Crippen LogP contribution >= 0.6 is 12.4 Å². The number of carboxylic acid groups (broad SMARTS) is 1. The van der Waals surface area contributed by atoms with Gasteiger partial charge in [0.2, 0.25) is 0 Å². The number of hydrogen-bond acceptors (Lipinski definition) is 3. The minimum atomic E-state index is -1.43.